The molecule has 1 amide bonds. The van der Waals surface area contributed by atoms with Gasteiger partial charge in [-0.05, 0) is 25.0 Å². The molecule has 2 rings (SSSR count). The molecule has 1 aromatic rings. The molecule has 24 heavy (non-hydrogen) atoms. The molecule has 132 valence electrons. The molecule has 1 fully saturated rings. The van der Waals surface area contributed by atoms with Crippen molar-refractivity contribution in [2.75, 3.05) is 12.4 Å². The molecule has 1 aliphatic carbocycles. The van der Waals surface area contributed by atoms with Gasteiger partial charge < -0.3 is 10.1 Å². The number of hydrogen-bond acceptors (Lipinski definition) is 4. The van der Waals surface area contributed by atoms with Gasteiger partial charge in [-0.2, -0.15) is 0 Å². The van der Waals surface area contributed by atoms with E-state index in [2.05, 4.69) is 5.32 Å². The van der Waals surface area contributed by atoms with Crippen LogP contribution in [-0.2, 0) is 20.3 Å². The van der Waals surface area contributed by atoms with E-state index in [0.717, 1.165) is 25.7 Å². The van der Waals surface area contributed by atoms with Gasteiger partial charge in [0.25, 0.3) is 5.91 Å². The van der Waals surface area contributed by atoms with Crippen molar-refractivity contribution in [2.45, 2.75) is 56.4 Å². The Balaban J connectivity index is 1.88. The number of benzene rings is 1. The first-order chi connectivity index (χ1) is 11.6. The Morgan fingerprint density at radius 3 is 2.50 bits per heavy atom. The van der Waals surface area contributed by atoms with E-state index in [1.165, 1.54) is 12.8 Å². The van der Waals surface area contributed by atoms with Crippen molar-refractivity contribution in [1.82, 2.24) is 5.32 Å². The molecule has 0 spiro atoms. The first-order valence-electron chi connectivity index (χ1n) is 8.55. The van der Waals surface area contributed by atoms with E-state index < -0.39 is 16.8 Å². The summed E-state index contributed by atoms with van der Waals surface area (Å²) in [6, 6.07) is 6.84. The highest BCUT2D eigenvalue weighted by atomic mass is 32.2. The Morgan fingerprint density at radius 2 is 1.83 bits per heavy atom. The van der Waals surface area contributed by atoms with Gasteiger partial charge in [0.1, 0.15) is 0 Å². The normalized spacial score (nSPS) is 16.9. The third-order valence-electron chi connectivity index (χ3n) is 4.17. The quantitative estimate of drug-likeness (QED) is 0.632. The van der Waals surface area contributed by atoms with E-state index in [0.29, 0.717) is 10.6 Å². The van der Waals surface area contributed by atoms with Gasteiger partial charge >= 0.3 is 5.97 Å². The maximum Gasteiger partial charge on any atom is 0.339 e. The first kappa shape index (κ1) is 18.6. The smallest absolute Gasteiger partial charge is 0.339 e. The summed E-state index contributed by atoms with van der Waals surface area (Å²) in [6.45, 7) is 1.49. The SMILES string of the molecule is CC[S@@](=O)c1ccccc1C(=O)OCC(=O)NC1CCCCCC1. The highest BCUT2D eigenvalue weighted by Crippen LogP contribution is 2.17. The maximum absolute atomic E-state index is 12.2. The van der Waals surface area contributed by atoms with Gasteiger partial charge in [0, 0.05) is 11.8 Å². The molecule has 0 aromatic heterocycles. The standard InChI is InChI=1S/C18H25NO4S/c1-2-24(22)16-12-8-7-11-15(16)18(21)23-13-17(20)19-14-9-5-3-4-6-10-14/h7-8,11-12,14H,2-6,9-10,13H2,1H3,(H,19,20)/t24-/m1/s1. The molecule has 0 aliphatic heterocycles. The molecule has 1 aromatic carbocycles. The van der Waals surface area contributed by atoms with E-state index >= 15 is 0 Å². The molecule has 1 aliphatic rings. The number of amides is 1. The molecule has 0 unspecified atom stereocenters. The van der Waals surface area contributed by atoms with Gasteiger partial charge in [0.2, 0.25) is 0 Å². The van der Waals surface area contributed by atoms with Crippen LogP contribution in [0.25, 0.3) is 0 Å². The van der Waals surface area contributed by atoms with Crippen molar-refractivity contribution in [3.63, 3.8) is 0 Å². The fourth-order valence-corrected chi connectivity index (χ4v) is 3.83. The van der Waals surface area contributed by atoms with E-state index in [4.69, 9.17) is 4.74 Å². The van der Waals surface area contributed by atoms with Gasteiger partial charge in [0.05, 0.1) is 21.3 Å². The van der Waals surface area contributed by atoms with Crippen molar-refractivity contribution in [3.05, 3.63) is 29.8 Å². The highest BCUT2D eigenvalue weighted by molar-refractivity contribution is 7.85. The van der Waals surface area contributed by atoms with E-state index in [1.807, 2.05) is 0 Å². The molecular formula is C18H25NO4S. The van der Waals surface area contributed by atoms with Crippen LogP contribution in [0.1, 0.15) is 55.8 Å². The van der Waals surface area contributed by atoms with Crippen LogP contribution in [0.15, 0.2) is 29.2 Å². The van der Waals surface area contributed by atoms with Crippen LogP contribution in [0.2, 0.25) is 0 Å². The van der Waals surface area contributed by atoms with Crippen LogP contribution in [0.4, 0.5) is 0 Å². The Hall–Kier alpha value is -1.69. The second-order valence-corrected chi connectivity index (χ2v) is 7.67. The summed E-state index contributed by atoms with van der Waals surface area (Å²) in [5.74, 6) is -0.459. The molecule has 6 heteroatoms. The molecular weight excluding hydrogens is 326 g/mol. The van der Waals surface area contributed by atoms with Crippen LogP contribution in [-0.4, -0.2) is 34.5 Å². The zero-order chi connectivity index (χ0) is 17.4. The molecule has 0 heterocycles. The lowest BCUT2D eigenvalue weighted by Gasteiger charge is -2.16. The van der Waals surface area contributed by atoms with Gasteiger partial charge in [-0.3, -0.25) is 9.00 Å². The van der Waals surface area contributed by atoms with Crippen molar-refractivity contribution < 1.29 is 18.5 Å². The molecule has 1 atom stereocenters. The van der Waals surface area contributed by atoms with Crippen LogP contribution < -0.4 is 5.32 Å². The van der Waals surface area contributed by atoms with Gasteiger partial charge in [-0.25, -0.2) is 4.79 Å². The highest BCUT2D eigenvalue weighted by Gasteiger charge is 2.19. The fraction of sp³-hybridized carbons (Fsp3) is 0.556. The molecule has 1 saturated carbocycles. The zero-order valence-corrected chi connectivity index (χ0v) is 14.9. The lowest BCUT2D eigenvalue weighted by Crippen LogP contribution is -2.37. The fourth-order valence-electron chi connectivity index (χ4n) is 2.89. The zero-order valence-electron chi connectivity index (χ0n) is 14.1. The minimum absolute atomic E-state index is 0.179. The molecule has 1 N–H and O–H groups in total. The van der Waals surface area contributed by atoms with E-state index in [1.54, 1.807) is 31.2 Å². The number of ether oxygens (including phenoxy) is 1. The number of rotatable bonds is 6. The van der Waals surface area contributed by atoms with Gasteiger partial charge in [-0.1, -0.05) is 44.7 Å². The molecule has 0 saturated heterocycles. The Bertz CT molecular complexity index is 594. The number of carbonyl (C=O) groups is 2. The van der Waals surface area contributed by atoms with Crippen LogP contribution in [0.5, 0.6) is 0 Å². The van der Waals surface area contributed by atoms with Crippen LogP contribution >= 0.6 is 0 Å². The number of nitrogens with one attached hydrogen (secondary N) is 1. The topological polar surface area (TPSA) is 72.5 Å². The maximum atomic E-state index is 12.2. The molecule has 5 nitrogen and oxygen atoms in total. The van der Waals surface area contributed by atoms with Crippen molar-refractivity contribution in [2.24, 2.45) is 0 Å². The number of hydrogen-bond donors (Lipinski definition) is 1. The summed E-state index contributed by atoms with van der Waals surface area (Å²) in [7, 11) is -1.25. The van der Waals surface area contributed by atoms with Crippen molar-refractivity contribution in [1.29, 1.82) is 0 Å². The second kappa shape index (κ2) is 9.57. The molecule has 0 bridgehead atoms. The first-order valence-corrected chi connectivity index (χ1v) is 9.87. The van der Waals surface area contributed by atoms with Gasteiger partial charge in [0.15, 0.2) is 6.61 Å². The van der Waals surface area contributed by atoms with Crippen LogP contribution in [0, 0.1) is 0 Å². The lowest BCUT2D eigenvalue weighted by molar-refractivity contribution is -0.125. The predicted octanol–water partition coefficient (Wildman–Crippen LogP) is 2.81. The summed E-state index contributed by atoms with van der Waals surface area (Å²) in [6.07, 6.45) is 6.65. The third kappa shape index (κ3) is 5.44. The van der Waals surface area contributed by atoms with Crippen molar-refractivity contribution in [3.8, 4) is 0 Å². The average molecular weight is 351 g/mol. The summed E-state index contributed by atoms with van der Waals surface area (Å²) in [5.41, 5.74) is 0.264. The monoisotopic (exact) mass is 351 g/mol. The predicted molar refractivity (Wildman–Crippen MR) is 93.3 cm³/mol. The van der Waals surface area contributed by atoms with Crippen molar-refractivity contribution >= 4 is 22.7 Å². The minimum atomic E-state index is -1.25. The summed E-state index contributed by atoms with van der Waals surface area (Å²) in [4.78, 5) is 24.6. The number of carbonyl (C=O) groups excluding carboxylic acids is 2. The number of esters is 1. The largest absolute Gasteiger partial charge is 0.452 e. The summed E-state index contributed by atoms with van der Waals surface area (Å²) >= 11 is 0. The Morgan fingerprint density at radius 1 is 1.17 bits per heavy atom. The van der Waals surface area contributed by atoms with Gasteiger partial charge in [-0.15, -0.1) is 0 Å². The second-order valence-electron chi connectivity index (χ2n) is 5.96. The molecule has 0 radical (unpaired) electrons. The van der Waals surface area contributed by atoms with E-state index in [-0.39, 0.29) is 24.1 Å². The minimum Gasteiger partial charge on any atom is -0.452 e. The average Bonchev–Trinajstić information content (AvgIpc) is 2.87. The lowest BCUT2D eigenvalue weighted by atomic mass is 10.1. The summed E-state index contributed by atoms with van der Waals surface area (Å²) in [5, 5.41) is 2.94. The Kier molecular flexibility index (Phi) is 7.43. The summed E-state index contributed by atoms with van der Waals surface area (Å²) < 4.78 is 17.1. The Labute approximate surface area is 145 Å². The van der Waals surface area contributed by atoms with Crippen LogP contribution in [0.3, 0.4) is 0 Å². The third-order valence-corrected chi connectivity index (χ3v) is 5.54. The van der Waals surface area contributed by atoms with E-state index in [9.17, 15) is 13.8 Å².